The molecule has 4 heteroatoms. The Kier molecular flexibility index (Phi) is 3.41. The molecule has 1 atom stereocenters. The van der Waals surface area contributed by atoms with Crippen LogP contribution in [-0.4, -0.2) is 4.98 Å². The largest absolute Gasteiger partial charge is 0.320 e. The number of nitrogens with zero attached hydrogens (tertiary/aromatic N) is 1. The summed E-state index contributed by atoms with van der Waals surface area (Å²) >= 11 is 5.84. The van der Waals surface area contributed by atoms with Crippen molar-refractivity contribution < 1.29 is 4.39 Å². The van der Waals surface area contributed by atoms with Crippen molar-refractivity contribution in [3.05, 3.63) is 64.2 Å². The first-order valence-corrected chi connectivity index (χ1v) is 5.58. The molecule has 0 amide bonds. The number of aryl methyl sites for hydroxylation is 1. The highest BCUT2D eigenvalue weighted by Gasteiger charge is 2.14. The molecule has 0 radical (unpaired) electrons. The van der Waals surface area contributed by atoms with Gasteiger partial charge in [0.1, 0.15) is 5.82 Å². The first kappa shape index (κ1) is 12.0. The zero-order valence-corrected chi connectivity index (χ0v) is 10.1. The fourth-order valence-corrected chi connectivity index (χ4v) is 1.86. The van der Waals surface area contributed by atoms with Crippen LogP contribution in [0.5, 0.6) is 0 Å². The van der Waals surface area contributed by atoms with Crippen LogP contribution in [0.4, 0.5) is 4.39 Å². The van der Waals surface area contributed by atoms with Crippen molar-refractivity contribution >= 4 is 11.6 Å². The summed E-state index contributed by atoms with van der Waals surface area (Å²) in [6.45, 7) is 1.91. The van der Waals surface area contributed by atoms with E-state index in [1.807, 2.05) is 13.0 Å². The lowest BCUT2D eigenvalue weighted by molar-refractivity contribution is 0.599. The van der Waals surface area contributed by atoms with Gasteiger partial charge in [-0.2, -0.15) is 0 Å². The summed E-state index contributed by atoms with van der Waals surface area (Å²) in [4.78, 5) is 4.05. The first-order chi connectivity index (χ1) is 8.08. The second-order valence-electron chi connectivity index (χ2n) is 3.94. The standard InChI is InChI=1S/C13H12ClFN2/c1-8-4-9(7-17-6-8)13(16)11-5-10(14)2-3-12(11)15/h2-7,13H,16H2,1H3. The van der Waals surface area contributed by atoms with Crippen molar-refractivity contribution in [3.63, 3.8) is 0 Å². The van der Waals surface area contributed by atoms with Crippen LogP contribution in [0.15, 0.2) is 36.7 Å². The summed E-state index contributed by atoms with van der Waals surface area (Å²) in [7, 11) is 0. The Morgan fingerprint density at radius 3 is 2.76 bits per heavy atom. The predicted molar refractivity (Wildman–Crippen MR) is 66.4 cm³/mol. The van der Waals surface area contributed by atoms with E-state index in [0.29, 0.717) is 10.6 Å². The molecule has 0 fully saturated rings. The molecule has 2 N–H and O–H groups in total. The average molecular weight is 251 g/mol. The summed E-state index contributed by atoms with van der Waals surface area (Å²) in [6.07, 6.45) is 3.36. The third-order valence-electron chi connectivity index (χ3n) is 2.55. The molecule has 0 bridgehead atoms. The zero-order chi connectivity index (χ0) is 12.4. The van der Waals surface area contributed by atoms with E-state index in [1.54, 1.807) is 18.5 Å². The van der Waals surface area contributed by atoms with Gasteiger partial charge in [0.05, 0.1) is 6.04 Å². The maximum Gasteiger partial charge on any atom is 0.128 e. The Bertz CT molecular complexity index is 543. The molecule has 2 nitrogen and oxygen atoms in total. The van der Waals surface area contributed by atoms with Gasteiger partial charge < -0.3 is 5.73 Å². The minimum atomic E-state index is -0.555. The van der Waals surface area contributed by atoms with E-state index in [2.05, 4.69) is 4.98 Å². The Morgan fingerprint density at radius 1 is 1.29 bits per heavy atom. The zero-order valence-electron chi connectivity index (χ0n) is 9.32. The van der Waals surface area contributed by atoms with Crippen LogP contribution in [0.25, 0.3) is 0 Å². The predicted octanol–water partition coefficient (Wildman–Crippen LogP) is 3.23. The molecule has 0 saturated heterocycles. The van der Waals surface area contributed by atoms with E-state index in [9.17, 15) is 4.39 Å². The van der Waals surface area contributed by atoms with Crippen LogP contribution in [-0.2, 0) is 0 Å². The number of pyridine rings is 1. The van der Waals surface area contributed by atoms with Crippen LogP contribution in [0.2, 0.25) is 5.02 Å². The SMILES string of the molecule is Cc1cncc(C(N)c2cc(Cl)ccc2F)c1. The number of rotatable bonds is 2. The summed E-state index contributed by atoms with van der Waals surface area (Å²) in [6, 6.07) is 5.70. The molecule has 0 aliphatic heterocycles. The van der Waals surface area contributed by atoms with Gasteiger partial charge in [0.25, 0.3) is 0 Å². The van der Waals surface area contributed by atoms with E-state index >= 15 is 0 Å². The molecule has 1 heterocycles. The molecule has 2 aromatic rings. The van der Waals surface area contributed by atoms with Gasteiger partial charge >= 0.3 is 0 Å². The van der Waals surface area contributed by atoms with E-state index in [-0.39, 0.29) is 5.82 Å². The lowest BCUT2D eigenvalue weighted by Crippen LogP contribution is -2.14. The molecule has 0 aliphatic carbocycles. The Labute approximate surface area is 104 Å². The quantitative estimate of drug-likeness (QED) is 0.889. The molecule has 1 unspecified atom stereocenters. The average Bonchev–Trinajstić information content (AvgIpc) is 2.31. The Morgan fingerprint density at radius 2 is 2.06 bits per heavy atom. The molecule has 0 aliphatic rings. The number of hydrogen-bond acceptors (Lipinski definition) is 2. The third-order valence-corrected chi connectivity index (χ3v) is 2.78. The van der Waals surface area contributed by atoms with Gasteiger partial charge in [0.15, 0.2) is 0 Å². The van der Waals surface area contributed by atoms with Gasteiger partial charge in [-0.25, -0.2) is 4.39 Å². The van der Waals surface area contributed by atoms with E-state index in [4.69, 9.17) is 17.3 Å². The van der Waals surface area contributed by atoms with Gasteiger partial charge in [-0.15, -0.1) is 0 Å². The Balaban J connectivity index is 2.43. The van der Waals surface area contributed by atoms with Crippen LogP contribution < -0.4 is 5.73 Å². The lowest BCUT2D eigenvalue weighted by Gasteiger charge is -2.13. The van der Waals surface area contributed by atoms with E-state index in [1.165, 1.54) is 12.1 Å². The van der Waals surface area contributed by atoms with Crippen molar-refractivity contribution in [2.24, 2.45) is 5.73 Å². The van der Waals surface area contributed by atoms with Crippen molar-refractivity contribution in [3.8, 4) is 0 Å². The topological polar surface area (TPSA) is 38.9 Å². The van der Waals surface area contributed by atoms with Gasteiger partial charge in [0, 0.05) is 23.0 Å². The summed E-state index contributed by atoms with van der Waals surface area (Å²) in [5.74, 6) is -0.358. The molecule has 88 valence electrons. The molecular formula is C13H12ClFN2. The fraction of sp³-hybridized carbons (Fsp3) is 0.154. The summed E-state index contributed by atoms with van der Waals surface area (Å²) < 4.78 is 13.6. The Hall–Kier alpha value is -1.45. The first-order valence-electron chi connectivity index (χ1n) is 5.20. The highest BCUT2D eigenvalue weighted by Crippen LogP contribution is 2.24. The smallest absolute Gasteiger partial charge is 0.128 e. The van der Waals surface area contributed by atoms with E-state index in [0.717, 1.165) is 11.1 Å². The number of nitrogens with two attached hydrogens (primary N) is 1. The molecule has 2 rings (SSSR count). The van der Waals surface area contributed by atoms with E-state index < -0.39 is 6.04 Å². The van der Waals surface area contributed by atoms with Crippen molar-refractivity contribution in [2.45, 2.75) is 13.0 Å². The number of benzene rings is 1. The molecule has 17 heavy (non-hydrogen) atoms. The number of hydrogen-bond donors (Lipinski definition) is 1. The molecule has 0 spiro atoms. The van der Waals surface area contributed by atoms with Crippen LogP contribution in [0.1, 0.15) is 22.7 Å². The minimum absolute atomic E-state index is 0.358. The molecule has 1 aromatic heterocycles. The molecular weight excluding hydrogens is 239 g/mol. The van der Waals surface area contributed by atoms with Gasteiger partial charge in [-0.3, -0.25) is 4.98 Å². The minimum Gasteiger partial charge on any atom is -0.320 e. The van der Waals surface area contributed by atoms with Gasteiger partial charge in [-0.1, -0.05) is 17.7 Å². The molecule has 1 aromatic carbocycles. The fourth-order valence-electron chi connectivity index (χ4n) is 1.68. The number of halogens is 2. The van der Waals surface area contributed by atoms with Crippen LogP contribution >= 0.6 is 11.6 Å². The maximum atomic E-state index is 13.6. The second-order valence-corrected chi connectivity index (χ2v) is 4.38. The summed E-state index contributed by atoms with van der Waals surface area (Å²) in [5.41, 5.74) is 8.15. The third kappa shape index (κ3) is 2.62. The normalized spacial score (nSPS) is 12.5. The van der Waals surface area contributed by atoms with Gasteiger partial charge in [-0.05, 0) is 36.2 Å². The monoisotopic (exact) mass is 250 g/mol. The highest BCUT2D eigenvalue weighted by atomic mass is 35.5. The molecule has 0 saturated carbocycles. The second kappa shape index (κ2) is 4.82. The highest BCUT2D eigenvalue weighted by molar-refractivity contribution is 6.30. The van der Waals surface area contributed by atoms with Crippen molar-refractivity contribution in [2.75, 3.05) is 0 Å². The van der Waals surface area contributed by atoms with Gasteiger partial charge in [0.2, 0.25) is 0 Å². The lowest BCUT2D eigenvalue weighted by atomic mass is 10.00. The van der Waals surface area contributed by atoms with Crippen molar-refractivity contribution in [1.82, 2.24) is 4.98 Å². The van der Waals surface area contributed by atoms with Crippen LogP contribution in [0.3, 0.4) is 0 Å². The van der Waals surface area contributed by atoms with Crippen LogP contribution in [0, 0.1) is 12.7 Å². The number of aromatic nitrogens is 1. The maximum absolute atomic E-state index is 13.6. The summed E-state index contributed by atoms with van der Waals surface area (Å²) in [5, 5.41) is 0.470. The van der Waals surface area contributed by atoms with Crippen molar-refractivity contribution in [1.29, 1.82) is 0 Å².